The molecule has 0 spiro atoms. The second-order valence-electron chi connectivity index (χ2n) is 4.94. The molecule has 2 rings (SSSR count). The van der Waals surface area contributed by atoms with Gasteiger partial charge in [0.1, 0.15) is 11.5 Å². The van der Waals surface area contributed by atoms with Crippen molar-refractivity contribution in [2.45, 2.75) is 19.9 Å². The Morgan fingerprint density at radius 3 is 2.70 bits per heavy atom. The molecule has 20 heavy (non-hydrogen) atoms. The van der Waals surface area contributed by atoms with E-state index in [2.05, 4.69) is 17.1 Å². The summed E-state index contributed by atoms with van der Waals surface area (Å²) in [4.78, 5) is 2.20. The molecule has 0 unspecified atom stereocenters. The maximum Gasteiger partial charge on any atom is 0.133 e. The Morgan fingerprint density at radius 1 is 1.30 bits per heavy atom. The highest BCUT2D eigenvalue weighted by molar-refractivity contribution is 5.41. The monoisotopic (exact) mass is 275 g/mol. The first-order chi connectivity index (χ1) is 9.63. The van der Waals surface area contributed by atoms with E-state index in [4.69, 9.17) is 15.0 Å². The fourth-order valence-electron chi connectivity index (χ4n) is 1.94. The van der Waals surface area contributed by atoms with Crippen LogP contribution in [0.4, 0.5) is 5.69 Å². The Bertz CT molecular complexity index is 522. The lowest BCUT2D eigenvalue weighted by molar-refractivity contribution is 0.254. The largest absolute Gasteiger partial charge is 0.494 e. The minimum Gasteiger partial charge on any atom is -0.494 e. The Morgan fingerprint density at radius 2 is 2.05 bits per heavy atom. The van der Waals surface area contributed by atoms with Crippen LogP contribution >= 0.6 is 0 Å². The third-order valence-electron chi connectivity index (χ3n) is 2.94. The molecule has 0 saturated carbocycles. The summed E-state index contributed by atoms with van der Waals surface area (Å²) in [5, 5.41) is 3.98. The number of aryl methyl sites for hydroxylation is 1. The van der Waals surface area contributed by atoms with Crippen LogP contribution in [0.15, 0.2) is 34.9 Å². The Balaban J connectivity index is 1.64. The molecule has 5 nitrogen and oxygen atoms in total. The van der Waals surface area contributed by atoms with E-state index in [-0.39, 0.29) is 0 Å². The first-order valence-corrected chi connectivity index (χ1v) is 6.72. The van der Waals surface area contributed by atoms with Crippen LogP contribution in [-0.4, -0.2) is 30.3 Å². The van der Waals surface area contributed by atoms with E-state index in [9.17, 15) is 0 Å². The quantitative estimate of drug-likeness (QED) is 0.621. The molecule has 2 aromatic rings. The van der Waals surface area contributed by atoms with Gasteiger partial charge >= 0.3 is 0 Å². The zero-order valence-electron chi connectivity index (χ0n) is 12.0. The second kappa shape index (κ2) is 6.96. The van der Waals surface area contributed by atoms with Gasteiger partial charge in [-0.3, -0.25) is 0 Å². The normalized spacial score (nSPS) is 10.9. The summed E-state index contributed by atoms with van der Waals surface area (Å²) >= 11 is 0. The molecule has 108 valence electrons. The molecule has 1 heterocycles. The maximum atomic E-state index is 5.65. The topological polar surface area (TPSA) is 64.5 Å². The number of aromatic nitrogens is 1. The number of nitrogen functional groups attached to an aromatic ring is 1. The van der Waals surface area contributed by atoms with Crippen molar-refractivity contribution >= 4 is 5.69 Å². The lowest BCUT2D eigenvalue weighted by Gasteiger charge is -2.15. The molecule has 0 aliphatic heterocycles. The number of anilines is 1. The summed E-state index contributed by atoms with van der Waals surface area (Å²) in [7, 11) is 2.06. The molecule has 0 aliphatic rings. The summed E-state index contributed by atoms with van der Waals surface area (Å²) in [6.07, 6.45) is 0.956. The predicted molar refractivity (Wildman–Crippen MR) is 78.5 cm³/mol. The van der Waals surface area contributed by atoms with Crippen molar-refractivity contribution in [1.29, 1.82) is 0 Å². The second-order valence-corrected chi connectivity index (χ2v) is 4.94. The molecule has 0 atom stereocenters. The zero-order chi connectivity index (χ0) is 14.4. The standard InChI is InChI=1S/C15H21N3O2/c1-12-10-14(17-20-12)11-18(2)8-3-9-19-15-6-4-13(16)5-7-15/h4-7,10H,3,8-9,11,16H2,1-2H3. The fourth-order valence-corrected chi connectivity index (χ4v) is 1.94. The van der Waals surface area contributed by atoms with Gasteiger partial charge in [0.2, 0.25) is 0 Å². The SMILES string of the molecule is Cc1cc(CN(C)CCCOc2ccc(N)cc2)no1. The van der Waals surface area contributed by atoms with Crippen LogP contribution in [0.1, 0.15) is 17.9 Å². The van der Waals surface area contributed by atoms with Crippen molar-refractivity contribution in [2.24, 2.45) is 0 Å². The summed E-state index contributed by atoms with van der Waals surface area (Å²) in [5.74, 6) is 1.70. The molecule has 0 amide bonds. The lowest BCUT2D eigenvalue weighted by Crippen LogP contribution is -2.20. The van der Waals surface area contributed by atoms with Gasteiger partial charge in [0.25, 0.3) is 0 Å². The van der Waals surface area contributed by atoms with Gasteiger partial charge in [-0.05, 0) is 44.7 Å². The third kappa shape index (κ3) is 4.59. The average molecular weight is 275 g/mol. The smallest absolute Gasteiger partial charge is 0.133 e. The van der Waals surface area contributed by atoms with E-state index >= 15 is 0 Å². The minimum atomic E-state index is 0.687. The highest BCUT2D eigenvalue weighted by Gasteiger charge is 2.04. The highest BCUT2D eigenvalue weighted by Crippen LogP contribution is 2.13. The zero-order valence-corrected chi connectivity index (χ0v) is 12.0. The third-order valence-corrected chi connectivity index (χ3v) is 2.94. The van der Waals surface area contributed by atoms with Gasteiger partial charge in [0, 0.05) is 24.8 Å². The van der Waals surface area contributed by atoms with Gasteiger partial charge in [0.15, 0.2) is 0 Å². The van der Waals surface area contributed by atoms with Crippen LogP contribution in [0.2, 0.25) is 0 Å². The molecule has 0 saturated heterocycles. The van der Waals surface area contributed by atoms with E-state index in [1.54, 1.807) is 0 Å². The maximum absolute atomic E-state index is 5.65. The first-order valence-electron chi connectivity index (χ1n) is 6.72. The van der Waals surface area contributed by atoms with Crippen LogP contribution in [-0.2, 0) is 6.54 Å². The Hall–Kier alpha value is -2.01. The van der Waals surface area contributed by atoms with Gasteiger partial charge in [-0.2, -0.15) is 0 Å². The van der Waals surface area contributed by atoms with Crippen molar-refractivity contribution in [2.75, 3.05) is 25.9 Å². The molecule has 0 radical (unpaired) electrons. The van der Waals surface area contributed by atoms with Gasteiger partial charge in [-0.15, -0.1) is 0 Å². The summed E-state index contributed by atoms with van der Waals surface area (Å²) in [6.45, 7) is 4.32. The van der Waals surface area contributed by atoms with Gasteiger partial charge in [0.05, 0.1) is 12.3 Å². The molecule has 0 bridgehead atoms. The number of hydrogen-bond donors (Lipinski definition) is 1. The number of rotatable bonds is 7. The van der Waals surface area contributed by atoms with Crippen molar-refractivity contribution in [3.05, 3.63) is 41.8 Å². The Kier molecular flexibility index (Phi) is 5.01. The van der Waals surface area contributed by atoms with E-state index < -0.39 is 0 Å². The summed E-state index contributed by atoms with van der Waals surface area (Å²) < 4.78 is 10.7. The number of benzene rings is 1. The van der Waals surface area contributed by atoms with E-state index in [0.29, 0.717) is 6.61 Å². The van der Waals surface area contributed by atoms with Crippen molar-refractivity contribution in [1.82, 2.24) is 10.1 Å². The van der Waals surface area contributed by atoms with Crippen LogP contribution < -0.4 is 10.5 Å². The number of ether oxygens (including phenoxy) is 1. The van der Waals surface area contributed by atoms with E-state index in [0.717, 1.165) is 42.4 Å². The van der Waals surface area contributed by atoms with Gasteiger partial charge in [-0.25, -0.2) is 0 Å². The molecule has 1 aromatic carbocycles. The first kappa shape index (κ1) is 14.4. The lowest BCUT2D eigenvalue weighted by atomic mass is 10.3. The molecule has 0 fully saturated rings. The molecule has 5 heteroatoms. The highest BCUT2D eigenvalue weighted by atomic mass is 16.5. The van der Waals surface area contributed by atoms with Crippen molar-refractivity contribution in [3.8, 4) is 5.75 Å². The Labute approximate surface area is 119 Å². The number of hydrogen-bond acceptors (Lipinski definition) is 5. The van der Waals surface area contributed by atoms with Crippen molar-refractivity contribution in [3.63, 3.8) is 0 Å². The molecule has 2 N–H and O–H groups in total. The molecule has 0 aliphatic carbocycles. The van der Waals surface area contributed by atoms with Gasteiger partial charge in [-0.1, -0.05) is 5.16 Å². The van der Waals surface area contributed by atoms with E-state index in [1.807, 2.05) is 37.3 Å². The van der Waals surface area contributed by atoms with Gasteiger partial charge < -0.3 is 19.9 Å². The molecule has 1 aromatic heterocycles. The molecular formula is C15H21N3O2. The summed E-state index contributed by atoms with van der Waals surface area (Å²) in [6, 6.07) is 9.42. The predicted octanol–water partition coefficient (Wildman–Crippen LogP) is 2.47. The minimum absolute atomic E-state index is 0.687. The number of nitrogens with two attached hydrogens (primary N) is 1. The molecular weight excluding hydrogens is 254 g/mol. The fraction of sp³-hybridized carbons (Fsp3) is 0.400. The van der Waals surface area contributed by atoms with Crippen LogP contribution in [0, 0.1) is 6.92 Å². The van der Waals surface area contributed by atoms with Crippen molar-refractivity contribution < 1.29 is 9.26 Å². The van der Waals surface area contributed by atoms with E-state index in [1.165, 1.54) is 0 Å². The number of nitrogens with zero attached hydrogens (tertiary/aromatic N) is 2. The van der Waals surface area contributed by atoms with Crippen LogP contribution in [0.3, 0.4) is 0 Å². The van der Waals surface area contributed by atoms with Crippen LogP contribution in [0.25, 0.3) is 0 Å². The average Bonchev–Trinajstić information content (AvgIpc) is 2.82. The van der Waals surface area contributed by atoms with Crippen LogP contribution in [0.5, 0.6) is 5.75 Å². The summed E-state index contributed by atoms with van der Waals surface area (Å²) in [5.41, 5.74) is 7.33.